The number of carbonyl (C=O) groups excluding carboxylic acids is 1. The van der Waals surface area contributed by atoms with Gasteiger partial charge >= 0.3 is 6.85 Å². The van der Waals surface area contributed by atoms with E-state index in [9.17, 15) is 13.6 Å². The number of nitrogens with one attached hydrogen (secondary N) is 1. The Morgan fingerprint density at radius 3 is 2.49 bits per heavy atom. The zero-order valence-electron chi connectivity index (χ0n) is 25.6. The van der Waals surface area contributed by atoms with Crippen LogP contribution in [0.15, 0.2) is 53.7 Å². The highest BCUT2D eigenvalue weighted by molar-refractivity contribution is 6.70. The van der Waals surface area contributed by atoms with Gasteiger partial charge in [-0.05, 0) is 30.5 Å². The van der Waals surface area contributed by atoms with Gasteiger partial charge in [-0.25, -0.2) is 18.7 Å². The van der Waals surface area contributed by atoms with Crippen LogP contribution in [0.4, 0.5) is 20.3 Å². The number of halogens is 2. The smallest absolute Gasteiger partial charge is 0.305 e. The highest BCUT2D eigenvalue weighted by atomic mass is 19.3. The van der Waals surface area contributed by atoms with E-state index in [1.54, 1.807) is 29.0 Å². The number of fused-ring (bicyclic) bond motifs is 1. The first kappa shape index (κ1) is 30.4. The van der Waals surface area contributed by atoms with Crippen molar-refractivity contribution >= 4 is 46.9 Å². The van der Waals surface area contributed by atoms with Crippen LogP contribution in [-0.4, -0.2) is 75.2 Å². The summed E-state index contributed by atoms with van der Waals surface area (Å²) >= 11 is 0. The fraction of sp³-hybridized carbons (Fsp3) is 0.438. The van der Waals surface area contributed by atoms with Gasteiger partial charge in [0.2, 0.25) is 5.91 Å². The molecule has 1 fully saturated rings. The van der Waals surface area contributed by atoms with Gasteiger partial charge in [-0.3, -0.25) is 9.20 Å². The number of aryl methyl sites for hydroxylation is 1. The molecule has 43 heavy (non-hydrogen) atoms. The number of hydrogen-bond acceptors (Lipinski definition) is 6. The minimum absolute atomic E-state index is 0.00928. The number of piperazine rings is 1. The Bertz CT molecular complexity index is 1570. The summed E-state index contributed by atoms with van der Waals surface area (Å²) in [6.07, 6.45) is 7.02. The summed E-state index contributed by atoms with van der Waals surface area (Å²) in [7, 11) is 0. The number of allylic oxidation sites excluding steroid dienone is 2. The lowest BCUT2D eigenvalue weighted by Gasteiger charge is -2.38. The summed E-state index contributed by atoms with van der Waals surface area (Å²) in [6.45, 7) is 12.9. The van der Waals surface area contributed by atoms with Crippen LogP contribution in [0, 0.1) is 5.92 Å². The van der Waals surface area contributed by atoms with E-state index in [1.807, 2.05) is 31.7 Å². The van der Waals surface area contributed by atoms with Gasteiger partial charge in [-0.2, -0.15) is 0 Å². The fourth-order valence-corrected chi connectivity index (χ4v) is 5.86. The summed E-state index contributed by atoms with van der Waals surface area (Å²) in [5, 5.41) is 3.42. The molecule has 1 amide bonds. The molecule has 2 aliphatic heterocycles. The fourth-order valence-electron chi connectivity index (χ4n) is 5.86. The van der Waals surface area contributed by atoms with Crippen molar-refractivity contribution in [3.8, 4) is 0 Å². The van der Waals surface area contributed by atoms with Crippen molar-refractivity contribution in [2.24, 2.45) is 10.8 Å². The number of carbonyl (C=O) groups is 1. The van der Waals surface area contributed by atoms with Crippen molar-refractivity contribution < 1.29 is 13.6 Å². The minimum atomic E-state index is -2.66. The monoisotopic (exact) mass is 587 g/mol. The first-order chi connectivity index (χ1) is 20.7. The molecule has 4 heterocycles. The largest absolute Gasteiger partial charge is 0.368 e. The molecule has 0 aliphatic carbocycles. The predicted octanol–water partition coefficient (Wildman–Crippen LogP) is 6.24. The van der Waals surface area contributed by atoms with E-state index in [-0.39, 0.29) is 24.4 Å². The van der Waals surface area contributed by atoms with E-state index in [0.29, 0.717) is 29.1 Å². The number of alkyl halides is 2. The normalized spacial score (nSPS) is 16.0. The lowest BCUT2D eigenvalue weighted by Crippen LogP contribution is -2.49. The number of hydrogen-bond donors (Lipinski definition) is 1. The first-order valence-corrected chi connectivity index (χ1v) is 15.3. The van der Waals surface area contributed by atoms with E-state index >= 15 is 0 Å². The van der Waals surface area contributed by atoms with Crippen molar-refractivity contribution in [2.75, 3.05) is 31.5 Å². The maximum Gasteiger partial charge on any atom is 0.305 e. The van der Waals surface area contributed by atoms with E-state index in [0.717, 1.165) is 44.7 Å². The third-order valence-corrected chi connectivity index (χ3v) is 8.12. The highest BCUT2D eigenvalue weighted by Gasteiger charge is 2.30. The second kappa shape index (κ2) is 13.1. The number of anilines is 2. The molecule has 0 atom stereocenters. The lowest BCUT2D eigenvalue weighted by atomic mass is 9.61. The van der Waals surface area contributed by atoms with Crippen LogP contribution in [0.25, 0.3) is 16.9 Å². The van der Waals surface area contributed by atoms with Crippen molar-refractivity contribution in [2.45, 2.75) is 60.2 Å². The van der Waals surface area contributed by atoms with Gasteiger partial charge in [0.1, 0.15) is 0 Å². The SMILES string of the molecule is CC/C=C(/c1ccc(Nc2nccn3c(C4=CB(CC)N=C4C(F)F)cnc23)cc1CC)N1CCN(C(=O)C(C)C)CC1. The minimum Gasteiger partial charge on any atom is -0.368 e. The molecule has 0 bridgehead atoms. The molecule has 0 unspecified atom stereocenters. The maximum absolute atomic E-state index is 13.8. The molecule has 11 heteroatoms. The summed E-state index contributed by atoms with van der Waals surface area (Å²) in [5.41, 5.74) is 5.81. The summed E-state index contributed by atoms with van der Waals surface area (Å²) in [5.74, 6) is 2.56. The van der Waals surface area contributed by atoms with Gasteiger partial charge < -0.3 is 20.0 Å². The number of amides is 1. The van der Waals surface area contributed by atoms with Gasteiger partial charge in [0, 0.05) is 67.0 Å². The molecule has 3 aromatic rings. The van der Waals surface area contributed by atoms with Crippen LogP contribution in [0.1, 0.15) is 57.9 Å². The number of rotatable bonds is 10. The Morgan fingerprint density at radius 2 is 1.84 bits per heavy atom. The van der Waals surface area contributed by atoms with Crippen molar-refractivity contribution in [1.29, 1.82) is 0 Å². The quantitative estimate of drug-likeness (QED) is 0.284. The van der Waals surface area contributed by atoms with Crippen LogP contribution in [0.5, 0.6) is 0 Å². The third kappa shape index (κ3) is 6.21. The molecule has 1 aromatic carbocycles. The van der Waals surface area contributed by atoms with Gasteiger partial charge in [-0.1, -0.05) is 59.1 Å². The van der Waals surface area contributed by atoms with Crippen LogP contribution in [0.3, 0.4) is 0 Å². The predicted molar refractivity (Wildman–Crippen MR) is 171 cm³/mol. The molecule has 1 saturated heterocycles. The van der Waals surface area contributed by atoms with E-state index in [1.165, 1.54) is 16.8 Å². The van der Waals surface area contributed by atoms with Crippen molar-refractivity contribution in [3.63, 3.8) is 0 Å². The van der Waals surface area contributed by atoms with Crippen LogP contribution in [0.2, 0.25) is 6.32 Å². The standard InChI is InChI=1S/C32H40BF2N7O/c1-6-9-26(40-14-16-41(17-15-40)32(43)21(4)5)24-11-10-23(18-22(24)7-2)38-30-31-37-20-27(42(31)13-12-36-30)25-19-33(8-3)39-28(25)29(34)35/h9-13,18-21,29H,6-8,14-17H2,1-5H3,(H,36,38)/b26-9-. The Labute approximate surface area is 252 Å². The summed E-state index contributed by atoms with van der Waals surface area (Å²) < 4.78 is 29.4. The van der Waals surface area contributed by atoms with Crippen molar-refractivity contribution in [1.82, 2.24) is 24.2 Å². The van der Waals surface area contributed by atoms with Gasteiger partial charge in [-0.15, -0.1) is 0 Å². The Hall–Kier alpha value is -4.02. The molecule has 0 saturated carbocycles. The Balaban J connectivity index is 1.40. The molecule has 0 radical (unpaired) electrons. The molecule has 2 aromatic heterocycles. The molecule has 0 spiro atoms. The summed E-state index contributed by atoms with van der Waals surface area (Å²) in [4.78, 5) is 30.2. The second-order valence-electron chi connectivity index (χ2n) is 11.3. The number of aromatic nitrogens is 3. The number of benzene rings is 1. The van der Waals surface area contributed by atoms with Gasteiger partial charge in [0.25, 0.3) is 6.43 Å². The molecule has 2 aliphatic rings. The van der Waals surface area contributed by atoms with Crippen molar-refractivity contribution in [3.05, 3.63) is 65.7 Å². The second-order valence-corrected chi connectivity index (χ2v) is 11.3. The highest BCUT2D eigenvalue weighted by Crippen LogP contribution is 2.31. The molecule has 8 nitrogen and oxygen atoms in total. The summed E-state index contributed by atoms with van der Waals surface area (Å²) in [6, 6.07) is 6.32. The number of nitrogens with zero attached hydrogens (tertiary/aromatic N) is 6. The zero-order chi connectivity index (χ0) is 30.7. The molecule has 226 valence electrons. The van der Waals surface area contributed by atoms with E-state index in [4.69, 9.17) is 0 Å². The first-order valence-electron chi connectivity index (χ1n) is 15.3. The van der Waals surface area contributed by atoms with Gasteiger partial charge in [0.15, 0.2) is 11.5 Å². The zero-order valence-corrected chi connectivity index (χ0v) is 25.6. The maximum atomic E-state index is 13.8. The van der Waals surface area contributed by atoms with Crippen LogP contribution >= 0.6 is 0 Å². The lowest BCUT2D eigenvalue weighted by molar-refractivity contribution is -0.135. The Kier molecular flexibility index (Phi) is 9.27. The molecular formula is C32H40BF2N7O. The molecule has 1 N–H and O–H groups in total. The van der Waals surface area contributed by atoms with E-state index in [2.05, 4.69) is 57.1 Å². The molecule has 5 rings (SSSR count). The molecular weight excluding hydrogens is 547 g/mol. The topological polar surface area (TPSA) is 78.1 Å². The van der Waals surface area contributed by atoms with Gasteiger partial charge in [0.05, 0.1) is 17.6 Å². The van der Waals surface area contributed by atoms with E-state index < -0.39 is 6.43 Å². The van der Waals surface area contributed by atoms with Crippen LogP contribution < -0.4 is 5.32 Å². The third-order valence-electron chi connectivity index (χ3n) is 8.12. The average molecular weight is 588 g/mol. The average Bonchev–Trinajstić information content (AvgIpc) is 3.65. The van der Waals surface area contributed by atoms with Crippen LogP contribution in [-0.2, 0) is 11.2 Å². The Morgan fingerprint density at radius 1 is 1.09 bits per heavy atom. The number of imidazole rings is 1.